The third kappa shape index (κ3) is 4.51. The molecule has 0 N–H and O–H groups in total. The van der Waals surface area contributed by atoms with Crippen molar-refractivity contribution in [3.05, 3.63) is 82.7 Å². The van der Waals surface area contributed by atoms with Crippen LogP contribution >= 0.6 is 0 Å². The van der Waals surface area contributed by atoms with E-state index >= 15 is 0 Å². The molecule has 32 heavy (non-hydrogen) atoms. The zero-order chi connectivity index (χ0) is 23.6. The van der Waals surface area contributed by atoms with Gasteiger partial charge in [-0.1, -0.05) is 24.3 Å². The summed E-state index contributed by atoms with van der Waals surface area (Å²) in [6, 6.07) is 15.7. The maximum Gasteiger partial charge on any atom is 0.338 e. The summed E-state index contributed by atoms with van der Waals surface area (Å²) in [7, 11) is -0.873. The second kappa shape index (κ2) is 9.10. The minimum Gasteiger partial charge on any atom is -0.454 e. The molecule has 3 aromatic rings. The zero-order valence-electron chi connectivity index (χ0n) is 18.7. The number of benzene rings is 2. The number of para-hydroxylation sites is 1. The van der Waals surface area contributed by atoms with E-state index in [0.29, 0.717) is 11.1 Å². The quantitative estimate of drug-likeness (QED) is 0.401. The highest BCUT2D eigenvalue weighted by Crippen LogP contribution is 2.22. The van der Waals surface area contributed by atoms with Crippen LogP contribution < -0.4 is 0 Å². The summed E-state index contributed by atoms with van der Waals surface area (Å²) in [5, 5.41) is 0. The number of rotatable bonds is 7. The molecule has 0 radical (unpaired) electrons. The van der Waals surface area contributed by atoms with Gasteiger partial charge in [0.15, 0.2) is 6.61 Å². The predicted octanol–water partition coefficient (Wildman–Crippen LogP) is 3.69. The molecule has 0 bridgehead atoms. The first-order valence-electron chi connectivity index (χ1n) is 10.0. The van der Waals surface area contributed by atoms with Crippen LogP contribution in [0.15, 0.2) is 59.5 Å². The average Bonchev–Trinajstić information content (AvgIpc) is 3.06. The Morgan fingerprint density at radius 3 is 2.22 bits per heavy atom. The molecule has 0 spiro atoms. The van der Waals surface area contributed by atoms with Crippen molar-refractivity contribution < 1.29 is 22.7 Å². The fraction of sp³-hybridized carbons (Fsp3) is 0.250. The molecule has 2 aromatic carbocycles. The average molecular weight is 455 g/mol. The Balaban J connectivity index is 1.80. The van der Waals surface area contributed by atoms with E-state index in [-0.39, 0.29) is 16.2 Å². The van der Waals surface area contributed by atoms with Crippen molar-refractivity contribution in [1.82, 2.24) is 8.87 Å². The topological polar surface area (TPSA) is 85.7 Å². The Morgan fingerprint density at radius 2 is 1.59 bits per heavy atom. The van der Waals surface area contributed by atoms with Crippen LogP contribution in [0, 0.1) is 20.8 Å². The largest absolute Gasteiger partial charge is 0.454 e. The van der Waals surface area contributed by atoms with Crippen LogP contribution in [0.1, 0.15) is 37.7 Å². The van der Waals surface area contributed by atoms with Gasteiger partial charge in [0.25, 0.3) is 0 Å². The molecule has 0 aliphatic carbocycles. The maximum absolute atomic E-state index is 12.8. The van der Waals surface area contributed by atoms with Crippen LogP contribution in [-0.2, 0) is 14.8 Å². The summed E-state index contributed by atoms with van der Waals surface area (Å²) in [6.07, 6.45) is 0. The van der Waals surface area contributed by atoms with Crippen LogP contribution in [0.25, 0.3) is 5.69 Å². The second-order valence-electron chi connectivity index (χ2n) is 7.72. The summed E-state index contributed by atoms with van der Waals surface area (Å²) in [4.78, 5) is 25.4. The molecule has 0 atom stereocenters. The molecule has 0 amide bonds. The summed E-state index contributed by atoms with van der Waals surface area (Å²) in [5.41, 5.74) is 3.72. The number of carbonyl (C=O) groups excluding carboxylic acids is 2. The lowest BCUT2D eigenvalue weighted by molar-refractivity contribution is 0.0473. The number of ether oxygens (including phenoxy) is 1. The highest BCUT2D eigenvalue weighted by Gasteiger charge is 2.22. The van der Waals surface area contributed by atoms with E-state index in [0.717, 1.165) is 21.4 Å². The fourth-order valence-electron chi connectivity index (χ4n) is 3.50. The van der Waals surface area contributed by atoms with Crippen molar-refractivity contribution in [3.63, 3.8) is 0 Å². The number of nitrogens with zero attached hydrogens (tertiary/aromatic N) is 2. The van der Waals surface area contributed by atoms with Gasteiger partial charge in [0.05, 0.1) is 10.5 Å². The molecule has 7 nitrogen and oxygen atoms in total. The number of Topliss-reactive ketones (excluding diaryl/α,β-unsaturated/α-hetero) is 1. The van der Waals surface area contributed by atoms with E-state index in [1.165, 1.54) is 26.2 Å². The minimum absolute atomic E-state index is 0.0159. The van der Waals surface area contributed by atoms with Crippen molar-refractivity contribution in [3.8, 4) is 5.69 Å². The van der Waals surface area contributed by atoms with E-state index in [1.807, 2.05) is 48.7 Å². The van der Waals surface area contributed by atoms with Gasteiger partial charge in [-0.05, 0) is 56.7 Å². The lowest BCUT2D eigenvalue weighted by Crippen LogP contribution is -2.23. The predicted molar refractivity (Wildman–Crippen MR) is 122 cm³/mol. The van der Waals surface area contributed by atoms with Crippen molar-refractivity contribution >= 4 is 21.8 Å². The van der Waals surface area contributed by atoms with Gasteiger partial charge in [0.2, 0.25) is 15.8 Å². The number of carbonyl (C=O) groups is 2. The summed E-state index contributed by atoms with van der Waals surface area (Å²) < 4.78 is 33.0. The molecular weight excluding hydrogens is 428 g/mol. The highest BCUT2D eigenvalue weighted by atomic mass is 32.2. The first-order valence-corrected chi connectivity index (χ1v) is 11.5. The molecule has 0 saturated heterocycles. The Labute approximate surface area is 188 Å². The van der Waals surface area contributed by atoms with E-state index < -0.39 is 22.6 Å². The molecule has 8 heteroatoms. The van der Waals surface area contributed by atoms with E-state index in [2.05, 4.69) is 0 Å². The standard InChI is InChI=1S/C24H26N2O5S/c1-16-11-12-20(32(29,30)25(4)5)14-21(16)24(28)31-15-23(27)22-13-17(2)26(18(22)3)19-9-7-6-8-10-19/h6-14H,15H2,1-5H3. The van der Waals surface area contributed by atoms with Crippen LogP contribution in [0.2, 0.25) is 0 Å². The molecule has 168 valence electrons. The molecule has 3 rings (SSSR count). The third-order valence-corrected chi connectivity index (χ3v) is 7.10. The number of aromatic nitrogens is 1. The SMILES string of the molecule is Cc1ccc(S(=O)(=O)N(C)C)cc1C(=O)OCC(=O)c1cc(C)n(-c2ccccc2)c1C. The number of hydrogen-bond donors (Lipinski definition) is 0. The van der Waals surface area contributed by atoms with E-state index in [9.17, 15) is 18.0 Å². The molecule has 0 aliphatic rings. The van der Waals surface area contributed by atoms with Gasteiger partial charge < -0.3 is 9.30 Å². The molecule has 1 aromatic heterocycles. The van der Waals surface area contributed by atoms with Crippen LogP contribution in [0.3, 0.4) is 0 Å². The van der Waals surface area contributed by atoms with Crippen molar-refractivity contribution in [2.24, 2.45) is 0 Å². The van der Waals surface area contributed by atoms with Crippen molar-refractivity contribution in [1.29, 1.82) is 0 Å². The first kappa shape index (κ1) is 23.4. The lowest BCUT2D eigenvalue weighted by atomic mass is 10.1. The monoisotopic (exact) mass is 454 g/mol. The minimum atomic E-state index is -3.70. The Hall–Kier alpha value is -3.23. The Kier molecular flexibility index (Phi) is 6.66. The van der Waals surface area contributed by atoms with Gasteiger partial charge in [-0.3, -0.25) is 4.79 Å². The Morgan fingerprint density at radius 1 is 0.938 bits per heavy atom. The molecular formula is C24H26N2O5S. The number of ketones is 1. The molecule has 0 fully saturated rings. The summed E-state index contributed by atoms with van der Waals surface area (Å²) in [5.74, 6) is -1.08. The third-order valence-electron chi connectivity index (χ3n) is 5.29. The maximum atomic E-state index is 12.8. The second-order valence-corrected chi connectivity index (χ2v) is 9.87. The zero-order valence-corrected chi connectivity index (χ0v) is 19.6. The smallest absolute Gasteiger partial charge is 0.338 e. The summed E-state index contributed by atoms with van der Waals surface area (Å²) in [6.45, 7) is 4.98. The summed E-state index contributed by atoms with van der Waals surface area (Å²) >= 11 is 0. The van der Waals surface area contributed by atoms with Crippen molar-refractivity contribution in [2.45, 2.75) is 25.7 Å². The van der Waals surface area contributed by atoms with Gasteiger partial charge in [-0.2, -0.15) is 0 Å². The van der Waals surface area contributed by atoms with Gasteiger partial charge in [0, 0.05) is 36.7 Å². The molecule has 0 saturated carbocycles. The fourth-order valence-corrected chi connectivity index (χ4v) is 4.43. The van der Waals surface area contributed by atoms with Gasteiger partial charge in [-0.15, -0.1) is 0 Å². The lowest BCUT2D eigenvalue weighted by Gasteiger charge is -2.13. The van der Waals surface area contributed by atoms with Gasteiger partial charge in [-0.25, -0.2) is 17.5 Å². The number of hydrogen-bond acceptors (Lipinski definition) is 5. The van der Waals surface area contributed by atoms with Crippen LogP contribution in [-0.4, -0.2) is 49.7 Å². The number of esters is 1. The molecule has 0 aliphatic heterocycles. The number of aryl methyl sites for hydroxylation is 2. The van der Waals surface area contributed by atoms with Crippen LogP contribution in [0.4, 0.5) is 0 Å². The van der Waals surface area contributed by atoms with Crippen molar-refractivity contribution in [2.75, 3.05) is 20.7 Å². The Bertz CT molecular complexity index is 1280. The number of sulfonamides is 1. The van der Waals surface area contributed by atoms with Crippen LogP contribution in [0.5, 0.6) is 0 Å². The van der Waals surface area contributed by atoms with E-state index in [4.69, 9.17) is 4.74 Å². The highest BCUT2D eigenvalue weighted by molar-refractivity contribution is 7.89. The molecule has 1 heterocycles. The first-order chi connectivity index (χ1) is 15.0. The molecule has 0 unspecified atom stereocenters. The van der Waals surface area contributed by atoms with Gasteiger partial charge in [0.1, 0.15) is 0 Å². The van der Waals surface area contributed by atoms with Gasteiger partial charge >= 0.3 is 5.97 Å². The normalized spacial score (nSPS) is 11.6. The van der Waals surface area contributed by atoms with E-state index in [1.54, 1.807) is 19.1 Å².